The molecule has 1 atom stereocenters. The van der Waals surface area contributed by atoms with Crippen LogP contribution in [-0.4, -0.2) is 41.7 Å². The zero-order chi connectivity index (χ0) is 14.4. The molecular weight excluding hydrogens is 272 g/mol. The van der Waals surface area contributed by atoms with Gasteiger partial charge in [-0.25, -0.2) is 4.79 Å². The number of nitrogens with zero attached hydrogens (tertiary/aromatic N) is 1. The Bertz CT molecular complexity index is 433. The SMILES string of the molecule is CC1CCCCN1CCCNCc1ccc(C(=O)O)s1. The fraction of sp³-hybridized carbons (Fsp3) is 0.667. The third-order valence-corrected chi connectivity index (χ3v) is 4.98. The lowest BCUT2D eigenvalue weighted by Gasteiger charge is -2.33. The maximum Gasteiger partial charge on any atom is 0.345 e. The Morgan fingerprint density at radius 1 is 1.50 bits per heavy atom. The molecule has 0 radical (unpaired) electrons. The first kappa shape index (κ1) is 15.5. The van der Waals surface area contributed by atoms with Gasteiger partial charge in [0.1, 0.15) is 4.88 Å². The van der Waals surface area contributed by atoms with Crippen LogP contribution in [0.25, 0.3) is 0 Å². The van der Waals surface area contributed by atoms with Gasteiger partial charge in [0.05, 0.1) is 0 Å². The molecule has 1 aliphatic heterocycles. The Balaban J connectivity index is 1.60. The van der Waals surface area contributed by atoms with Crippen LogP contribution in [-0.2, 0) is 6.54 Å². The predicted molar refractivity (Wildman–Crippen MR) is 82.5 cm³/mol. The molecular formula is C15H24N2O2S. The number of thiophene rings is 1. The van der Waals surface area contributed by atoms with Crippen LogP contribution in [0.2, 0.25) is 0 Å². The number of carboxylic acid groups (broad SMARTS) is 1. The molecule has 112 valence electrons. The van der Waals surface area contributed by atoms with Gasteiger partial charge >= 0.3 is 5.97 Å². The third kappa shape index (κ3) is 4.58. The average molecular weight is 296 g/mol. The highest BCUT2D eigenvalue weighted by molar-refractivity contribution is 7.13. The Kier molecular flexibility index (Phi) is 6.01. The second kappa shape index (κ2) is 7.76. The van der Waals surface area contributed by atoms with Crippen LogP contribution in [0.15, 0.2) is 12.1 Å². The molecule has 20 heavy (non-hydrogen) atoms. The van der Waals surface area contributed by atoms with Crippen molar-refractivity contribution in [2.45, 2.75) is 45.2 Å². The summed E-state index contributed by atoms with van der Waals surface area (Å²) in [4.78, 5) is 14.9. The van der Waals surface area contributed by atoms with Crippen molar-refractivity contribution < 1.29 is 9.90 Å². The highest BCUT2D eigenvalue weighted by atomic mass is 32.1. The summed E-state index contributed by atoms with van der Waals surface area (Å²) in [6, 6.07) is 4.31. The molecule has 4 nitrogen and oxygen atoms in total. The molecule has 2 rings (SSSR count). The van der Waals surface area contributed by atoms with Crippen molar-refractivity contribution in [1.29, 1.82) is 0 Å². The molecule has 0 saturated carbocycles. The molecule has 1 unspecified atom stereocenters. The van der Waals surface area contributed by atoms with E-state index in [2.05, 4.69) is 17.1 Å². The lowest BCUT2D eigenvalue weighted by atomic mass is 10.0. The molecule has 2 N–H and O–H groups in total. The van der Waals surface area contributed by atoms with Crippen molar-refractivity contribution in [1.82, 2.24) is 10.2 Å². The molecule has 2 heterocycles. The fourth-order valence-electron chi connectivity index (χ4n) is 2.70. The van der Waals surface area contributed by atoms with E-state index in [1.165, 1.54) is 43.7 Å². The summed E-state index contributed by atoms with van der Waals surface area (Å²) in [5.41, 5.74) is 0. The van der Waals surface area contributed by atoms with Crippen molar-refractivity contribution >= 4 is 17.3 Å². The summed E-state index contributed by atoms with van der Waals surface area (Å²) >= 11 is 1.36. The Morgan fingerprint density at radius 3 is 3.05 bits per heavy atom. The van der Waals surface area contributed by atoms with Gasteiger partial charge in [0.15, 0.2) is 0 Å². The largest absolute Gasteiger partial charge is 0.477 e. The Labute approximate surface area is 124 Å². The lowest BCUT2D eigenvalue weighted by Crippen LogP contribution is -2.38. The van der Waals surface area contributed by atoms with E-state index < -0.39 is 5.97 Å². The molecule has 0 amide bonds. The molecule has 5 heteroatoms. The second-order valence-corrected chi connectivity index (χ2v) is 6.65. The number of piperidine rings is 1. The van der Waals surface area contributed by atoms with E-state index >= 15 is 0 Å². The number of carbonyl (C=O) groups is 1. The van der Waals surface area contributed by atoms with Crippen molar-refractivity contribution in [3.05, 3.63) is 21.9 Å². The number of hydrogen-bond donors (Lipinski definition) is 2. The van der Waals surface area contributed by atoms with Crippen molar-refractivity contribution in [3.8, 4) is 0 Å². The van der Waals surface area contributed by atoms with Gasteiger partial charge in [-0.1, -0.05) is 6.42 Å². The summed E-state index contributed by atoms with van der Waals surface area (Å²) in [5, 5.41) is 12.3. The number of nitrogens with one attached hydrogen (secondary N) is 1. The van der Waals surface area contributed by atoms with Crippen LogP contribution in [0, 0.1) is 0 Å². The highest BCUT2D eigenvalue weighted by Gasteiger charge is 2.16. The minimum Gasteiger partial charge on any atom is -0.477 e. The van der Waals surface area contributed by atoms with Gasteiger partial charge in [0.25, 0.3) is 0 Å². The van der Waals surface area contributed by atoms with E-state index in [4.69, 9.17) is 5.11 Å². The lowest BCUT2D eigenvalue weighted by molar-refractivity contribution is 0.0702. The van der Waals surface area contributed by atoms with Gasteiger partial charge < -0.3 is 15.3 Å². The number of aromatic carboxylic acids is 1. The first-order valence-electron chi connectivity index (χ1n) is 7.43. The van der Waals surface area contributed by atoms with E-state index in [0.717, 1.165) is 30.4 Å². The summed E-state index contributed by atoms with van der Waals surface area (Å²) in [5.74, 6) is -0.833. The predicted octanol–water partition coefficient (Wildman–Crippen LogP) is 2.80. The number of likely N-dealkylation sites (tertiary alicyclic amines) is 1. The van der Waals surface area contributed by atoms with Gasteiger partial charge in [-0.2, -0.15) is 0 Å². The first-order valence-corrected chi connectivity index (χ1v) is 8.25. The molecule has 0 bridgehead atoms. The second-order valence-electron chi connectivity index (χ2n) is 5.48. The maximum atomic E-state index is 10.8. The quantitative estimate of drug-likeness (QED) is 0.760. The summed E-state index contributed by atoms with van der Waals surface area (Å²) in [7, 11) is 0. The molecule has 0 spiro atoms. The summed E-state index contributed by atoms with van der Waals surface area (Å²) < 4.78 is 0. The van der Waals surface area contributed by atoms with Crippen LogP contribution < -0.4 is 5.32 Å². The fourth-order valence-corrected chi connectivity index (χ4v) is 3.51. The topological polar surface area (TPSA) is 52.6 Å². The molecule has 1 aromatic rings. The average Bonchev–Trinajstić information content (AvgIpc) is 2.89. The molecule has 1 aliphatic rings. The molecule has 0 aromatic carbocycles. The first-order chi connectivity index (χ1) is 9.66. The smallest absolute Gasteiger partial charge is 0.345 e. The third-order valence-electron chi connectivity index (χ3n) is 3.91. The Hall–Kier alpha value is -0.910. The number of rotatable bonds is 7. The van der Waals surface area contributed by atoms with E-state index in [0.29, 0.717) is 4.88 Å². The number of carboxylic acids is 1. The van der Waals surface area contributed by atoms with E-state index in [1.807, 2.05) is 6.07 Å². The molecule has 1 fully saturated rings. The molecule has 0 aliphatic carbocycles. The summed E-state index contributed by atoms with van der Waals surface area (Å²) in [6.07, 6.45) is 5.20. The van der Waals surface area contributed by atoms with E-state index in [9.17, 15) is 4.79 Å². The standard InChI is InChI=1S/C15H24N2O2S/c1-12-5-2-3-9-17(12)10-4-8-16-11-13-6-7-14(20-13)15(18)19/h6-7,12,16H,2-5,8-11H2,1H3,(H,18,19). The van der Waals surface area contributed by atoms with Crippen molar-refractivity contribution in [2.75, 3.05) is 19.6 Å². The van der Waals surface area contributed by atoms with Crippen LogP contribution in [0.1, 0.15) is 47.2 Å². The van der Waals surface area contributed by atoms with Crippen LogP contribution >= 0.6 is 11.3 Å². The van der Waals surface area contributed by atoms with Crippen molar-refractivity contribution in [2.24, 2.45) is 0 Å². The minimum absolute atomic E-state index is 0.420. The van der Waals surface area contributed by atoms with Gasteiger partial charge in [-0.3, -0.25) is 0 Å². The monoisotopic (exact) mass is 296 g/mol. The number of hydrogen-bond acceptors (Lipinski definition) is 4. The van der Waals surface area contributed by atoms with Gasteiger partial charge in [-0.05, 0) is 58.0 Å². The molecule has 1 saturated heterocycles. The Morgan fingerprint density at radius 2 is 2.35 bits per heavy atom. The van der Waals surface area contributed by atoms with Crippen LogP contribution in [0.5, 0.6) is 0 Å². The van der Waals surface area contributed by atoms with Crippen LogP contribution in [0.4, 0.5) is 0 Å². The van der Waals surface area contributed by atoms with E-state index in [1.54, 1.807) is 6.07 Å². The summed E-state index contributed by atoms with van der Waals surface area (Å²) in [6.45, 7) is 6.50. The van der Waals surface area contributed by atoms with E-state index in [-0.39, 0.29) is 0 Å². The van der Waals surface area contributed by atoms with Crippen LogP contribution in [0.3, 0.4) is 0 Å². The van der Waals surface area contributed by atoms with Gasteiger partial charge in [0, 0.05) is 17.5 Å². The van der Waals surface area contributed by atoms with Gasteiger partial charge in [0.2, 0.25) is 0 Å². The zero-order valence-electron chi connectivity index (χ0n) is 12.1. The van der Waals surface area contributed by atoms with Gasteiger partial charge in [-0.15, -0.1) is 11.3 Å². The molecule has 1 aromatic heterocycles. The zero-order valence-corrected chi connectivity index (χ0v) is 12.9. The maximum absolute atomic E-state index is 10.8. The minimum atomic E-state index is -0.833. The highest BCUT2D eigenvalue weighted by Crippen LogP contribution is 2.17. The normalized spacial score (nSPS) is 20.1. The van der Waals surface area contributed by atoms with Crippen molar-refractivity contribution in [3.63, 3.8) is 0 Å².